The highest BCUT2D eigenvalue weighted by atomic mass is 16.4. The number of hydrogen-bond donors (Lipinski definition) is 2. The molecule has 0 aliphatic carbocycles. The molecule has 0 saturated carbocycles. The molecule has 0 atom stereocenters. The summed E-state index contributed by atoms with van der Waals surface area (Å²) in [6, 6.07) is 4.20. The third-order valence-corrected chi connectivity index (χ3v) is 2.76. The molecule has 0 aliphatic heterocycles. The summed E-state index contributed by atoms with van der Waals surface area (Å²) in [5, 5.41) is 11.8. The van der Waals surface area contributed by atoms with Gasteiger partial charge in [0, 0.05) is 5.56 Å². The van der Waals surface area contributed by atoms with E-state index in [9.17, 15) is 0 Å². The fourth-order valence-electron chi connectivity index (χ4n) is 1.85. The van der Waals surface area contributed by atoms with Gasteiger partial charge in [-0.3, -0.25) is 0 Å². The van der Waals surface area contributed by atoms with Crippen molar-refractivity contribution in [3.63, 3.8) is 0 Å². The second-order valence-electron chi connectivity index (χ2n) is 5.22. The molecule has 3 nitrogen and oxygen atoms in total. The molecule has 1 aromatic carbocycles. The molecule has 1 rings (SSSR count). The van der Waals surface area contributed by atoms with Crippen LogP contribution in [0.15, 0.2) is 17.3 Å². The summed E-state index contributed by atoms with van der Waals surface area (Å²) in [5.41, 5.74) is 9.94. The van der Waals surface area contributed by atoms with Gasteiger partial charge in [0.1, 0.15) is 0 Å². The highest BCUT2D eigenvalue weighted by molar-refractivity contribution is 5.99. The van der Waals surface area contributed by atoms with E-state index >= 15 is 0 Å². The molecule has 0 bridgehead atoms. The molecule has 88 valence electrons. The molecule has 3 heteroatoms. The standard InChI is InChI=1S/C13H20N2O/c1-8-6-10(13(3,4)5)7-9(2)11(8)12(14)15-16/h6-7,16H,1-5H3,(H2,14,15). The number of aryl methyl sites for hydroxylation is 2. The number of benzene rings is 1. The van der Waals surface area contributed by atoms with Crippen LogP contribution in [0.3, 0.4) is 0 Å². The fourth-order valence-corrected chi connectivity index (χ4v) is 1.85. The van der Waals surface area contributed by atoms with Gasteiger partial charge in [-0.1, -0.05) is 38.1 Å². The average Bonchev–Trinajstić information content (AvgIpc) is 2.14. The van der Waals surface area contributed by atoms with Gasteiger partial charge in [0.05, 0.1) is 0 Å². The van der Waals surface area contributed by atoms with Crippen molar-refractivity contribution < 1.29 is 5.21 Å². The van der Waals surface area contributed by atoms with Gasteiger partial charge in [-0.25, -0.2) is 0 Å². The van der Waals surface area contributed by atoms with Crippen LogP contribution in [0.1, 0.15) is 43.0 Å². The maximum atomic E-state index is 8.73. The van der Waals surface area contributed by atoms with E-state index in [1.807, 2.05) is 13.8 Å². The number of nitrogens with two attached hydrogens (primary N) is 1. The minimum absolute atomic E-state index is 0.110. The van der Waals surface area contributed by atoms with Crippen LogP contribution < -0.4 is 5.73 Å². The monoisotopic (exact) mass is 220 g/mol. The van der Waals surface area contributed by atoms with E-state index in [2.05, 4.69) is 38.1 Å². The zero-order valence-electron chi connectivity index (χ0n) is 10.6. The Balaban J connectivity index is 3.40. The van der Waals surface area contributed by atoms with E-state index < -0.39 is 0 Å². The minimum Gasteiger partial charge on any atom is -0.409 e. The smallest absolute Gasteiger partial charge is 0.170 e. The van der Waals surface area contributed by atoms with E-state index in [0.717, 1.165) is 16.7 Å². The molecule has 0 unspecified atom stereocenters. The lowest BCUT2D eigenvalue weighted by atomic mass is 9.83. The van der Waals surface area contributed by atoms with Crippen LogP contribution in [0.25, 0.3) is 0 Å². The third kappa shape index (κ3) is 2.35. The number of oxime groups is 1. The second-order valence-corrected chi connectivity index (χ2v) is 5.22. The maximum absolute atomic E-state index is 8.73. The Kier molecular flexibility index (Phi) is 3.27. The molecule has 3 N–H and O–H groups in total. The molecule has 16 heavy (non-hydrogen) atoms. The van der Waals surface area contributed by atoms with Crippen molar-refractivity contribution in [2.75, 3.05) is 0 Å². The summed E-state index contributed by atoms with van der Waals surface area (Å²) in [6.07, 6.45) is 0. The number of hydrogen-bond acceptors (Lipinski definition) is 2. The lowest BCUT2D eigenvalue weighted by Crippen LogP contribution is -2.19. The van der Waals surface area contributed by atoms with Crippen LogP contribution in [-0.4, -0.2) is 11.0 Å². The lowest BCUT2D eigenvalue weighted by molar-refractivity contribution is 0.318. The summed E-state index contributed by atoms with van der Waals surface area (Å²) < 4.78 is 0. The Labute approximate surface area is 97.0 Å². The van der Waals surface area contributed by atoms with Crippen molar-refractivity contribution >= 4 is 5.84 Å². The second kappa shape index (κ2) is 4.16. The summed E-state index contributed by atoms with van der Waals surface area (Å²) >= 11 is 0. The van der Waals surface area contributed by atoms with E-state index in [-0.39, 0.29) is 11.3 Å². The molecule has 0 spiro atoms. The topological polar surface area (TPSA) is 58.6 Å². The van der Waals surface area contributed by atoms with Crippen LogP contribution in [0.5, 0.6) is 0 Å². The molecular weight excluding hydrogens is 200 g/mol. The Bertz CT molecular complexity index is 405. The van der Waals surface area contributed by atoms with Crippen LogP contribution in [-0.2, 0) is 5.41 Å². The summed E-state index contributed by atoms with van der Waals surface area (Å²) in [5.74, 6) is 0.176. The van der Waals surface area contributed by atoms with Crippen molar-refractivity contribution in [3.05, 3.63) is 34.4 Å². The van der Waals surface area contributed by atoms with Crippen molar-refractivity contribution in [2.45, 2.75) is 40.0 Å². The van der Waals surface area contributed by atoms with Crippen LogP contribution in [0, 0.1) is 13.8 Å². The van der Waals surface area contributed by atoms with E-state index in [1.54, 1.807) is 0 Å². The summed E-state index contributed by atoms with van der Waals surface area (Å²) in [6.45, 7) is 10.5. The van der Waals surface area contributed by atoms with Crippen LogP contribution in [0.4, 0.5) is 0 Å². The predicted octanol–water partition coefficient (Wildman–Crippen LogP) is 2.70. The van der Waals surface area contributed by atoms with Gasteiger partial charge in [-0.15, -0.1) is 0 Å². The normalized spacial score (nSPS) is 12.9. The van der Waals surface area contributed by atoms with Gasteiger partial charge in [0.2, 0.25) is 0 Å². The first-order chi connectivity index (χ1) is 7.27. The third-order valence-electron chi connectivity index (χ3n) is 2.76. The van der Waals surface area contributed by atoms with Gasteiger partial charge >= 0.3 is 0 Å². The van der Waals surface area contributed by atoms with Crippen LogP contribution in [0.2, 0.25) is 0 Å². The average molecular weight is 220 g/mol. The summed E-state index contributed by atoms with van der Waals surface area (Å²) in [4.78, 5) is 0. The first-order valence-corrected chi connectivity index (χ1v) is 5.37. The quantitative estimate of drug-likeness (QED) is 0.331. The van der Waals surface area contributed by atoms with Gasteiger partial charge < -0.3 is 10.9 Å². The Morgan fingerprint density at radius 1 is 1.19 bits per heavy atom. The molecule has 0 aliphatic rings. The minimum atomic E-state index is 0.110. The van der Waals surface area contributed by atoms with E-state index in [4.69, 9.17) is 10.9 Å². The van der Waals surface area contributed by atoms with Gasteiger partial charge in [0.25, 0.3) is 0 Å². The van der Waals surface area contributed by atoms with Gasteiger partial charge in [-0.05, 0) is 36.0 Å². The highest BCUT2D eigenvalue weighted by Gasteiger charge is 2.17. The fraction of sp³-hybridized carbons (Fsp3) is 0.462. The Hall–Kier alpha value is -1.51. The Morgan fingerprint density at radius 3 is 1.94 bits per heavy atom. The number of nitrogens with zero attached hydrogens (tertiary/aromatic N) is 1. The first-order valence-electron chi connectivity index (χ1n) is 5.37. The largest absolute Gasteiger partial charge is 0.409 e. The van der Waals surface area contributed by atoms with Crippen molar-refractivity contribution in [1.29, 1.82) is 0 Å². The summed E-state index contributed by atoms with van der Waals surface area (Å²) in [7, 11) is 0. The maximum Gasteiger partial charge on any atom is 0.170 e. The molecule has 0 amide bonds. The number of amidine groups is 1. The molecule has 0 saturated heterocycles. The van der Waals surface area contributed by atoms with E-state index in [1.165, 1.54) is 5.56 Å². The lowest BCUT2D eigenvalue weighted by Gasteiger charge is -2.22. The molecule has 0 fully saturated rings. The van der Waals surface area contributed by atoms with E-state index in [0.29, 0.717) is 0 Å². The zero-order valence-corrected chi connectivity index (χ0v) is 10.6. The molecule has 0 heterocycles. The van der Waals surface area contributed by atoms with Gasteiger partial charge in [0.15, 0.2) is 5.84 Å². The molecule has 0 aromatic heterocycles. The van der Waals surface area contributed by atoms with Crippen molar-refractivity contribution in [3.8, 4) is 0 Å². The van der Waals surface area contributed by atoms with Gasteiger partial charge in [-0.2, -0.15) is 0 Å². The Morgan fingerprint density at radius 2 is 1.62 bits per heavy atom. The molecular formula is C13H20N2O. The molecule has 1 aromatic rings. The zero-order chi connectivity index (χ0) is 12.5. The number of rotatable bonds is 1. The SMILES string of the molecule is Cc1cc(C(C)(C)C)cc(C)c1/C(N)=N/O. The highest BCUT2D eigenvalue weighted by Crippen LogP contribution is 2.26. The van der Waals surface area contributed by atoms with Crippen molar-refractivity contribution in [1.82, 2.24) is 0 Å². The van der Waals surface area contributed by atoms with Crippen molar-refractivity contribution in [2.24, 2.45) is 10.9 Å². The van der Waals surface area contributed by atoms with Crippen LogP contribution >= 0.6 is 0 Å². The first kappa shape index (κ1) is 12.6. The molecule has 0 radical (unpaired) electrons. The predicted molar refractivity (Wildman–Crippen MR) is 67.1 cm³/mol.